The van der Waals surface area contributed by atoms with Gasteiger partial charge in [0.1, 0.15) is 0 Å². The molecular formula is C60H36S. The van der Waals surface area contributed by atoms with Crippen LogP contribution >= 0.6 is 11.3 Å². The summed E-state index contributed by atoms with van der Waals surface area (Å²) in [6.45, 7) is 0. The predicted molar refractivity (Wildman–Crippen MR) is 266 cm³/mol. The lowest BCUT2D eigenvalue weighted by atomic mass is 9.84. The van der Waals surface area contributed by atoms with Crippen LogP contribution in [-0.4, -0.2) is 0 Å². The lowest BCUT2D eigenvalue weighted by molar-refractivity contribution is 1.69. The molecule has 0 saturated carbocycles. The summed E-state index contributed by atoms with van der Waals surface area (Å²) < 4.78 is 2.62. The van der Waals surface area contributed by atoms with Crippen molar-refractivity contribution in [1.82, 2.24) is 0 Å². The molecule has 61 heavy (non-hydrogen) atoms. The van der Waals surface area contributed by atoms with E-state index in [1.807, 2.05) is 11.3 Å². The number of benzene rings is 12. The van der Waals surface area contributed by atoms with Crippen LogP contribution in [0.15, 0.2) is 218 Å². The van der Waals surface area contributed by atoms with E-state index in [0.717, 1.165) is 0 Å². The van der Waals surface area contributed by atoms with Crippen molar-refractivity contribution in [2.45, 2.75) is 0 Å². The Bertz CT molecular complexity index is 3820. The molecular weight excluding hydrogens is 753 g/mol. The average Bonchev–Trinajstić information content (AvgIpc) is 3.71. The van der Waals surface area contributed by atoms with Gasteiger partial charge in [0.25, 0.3) is 0 Å². The Kier molecular flexibility index (Phi) is 7.58. The monoisotopic (exact) mass is 788 g/mol. The fourth-order valence-corrected chi connectivity index (χ4v) is 11.7. The van der Waals surface area contributed by atoms with Gasteiger partial charge in [-0.25, -0.2) is 0 Å². The maximum Gasteiger partial charge on any atom is 0.0434 e. The van der Waals surface area contributed by atoms with Gasteiger partial charge in [0.2, 0.25) is 0 Å². The van der Waals surface area contributed by atoms with Crippen molar-refractivity contribution in [3.8, 4) is 44.5 Å². The first-order chi connectivity index (χ1) is 30.3. The summed E-state index contributed by atoms with van der Waals surface area (Å²) in [4.78, 5) is 0. The second-order valence-corrected chi connectivity index (χ2v) is 17.3. The Morgan fingerprint density at radius 2 is 0.574 bits per heavy atom. The number of thiophene rings is 1. The maximum absolute atomic E-state index is 2.46. The van der Waals surface area contributed by atoms with Gasteiger partial charge < -0.3 is 0 Å². The summed E-state index contributed by atoms with van der Waals surface area (Å²) in [7, 11) is 0. The van der Waals surface area contributed by atoms with E-state index in [0.29, 0.717) is 0 Å². The minimum Gasteiger partial charge on any atom is -0.135 e. The Balaban J connectivity index is 1.06. The van der Waals surface area contributed by atoms with Crippen LogP contribution in [0.1, 0.15) is 0 Å². The normalized spacial score (nSPS) is 11.9. The van der Waals surface area contributed by atoms with E-state index >= 15 is 0 Å². The number of rotatable bonds is 4. The lowest BCUT2D eigenvalue weighted by Crippen LogP contribution is -1.91. The average molecular weight is 789 g/mol. The fraction of sp³-hybridized carbons (Fsp3) is 0. The highest BCUT2D eigenvalue weighted by molar-refractivity contribution is 7.26. The molecule has 0 bridgehead atoms. The molecule has 0 saturated heterocycles. The molecule has 0 nitrogen and oxygen atoms in total. The molecule has 0 atom stereocenters. The minimum atomic E-state index is 1.24. The van der Waals surface area contributed by atoms with Gasteiger partial charge in [0, 0.05) is 25.7 Å². The molecule has 0 fully saturated rings. The second-order valence-electron chi connectivity index (χ2n) is 16.2. The standard InChI is InChI=1S/C60H36S/c1-3-20-40-37(16-1)18-13-30-42(40)57-46-24-7-5-22-44(46)56(45-23-6-8-25-47(45)57)39-34-35-55-54(36-39)52-32-15-33-53(60(52)61-55)59-50-28-11-9-26-48(50)58(49-27-10-12-29-51(49)59)43-31-14-19-38-17-2-4-21-41(38)43/h1-36H. The van der Waals surface area contributed by atoms with Crippen molar-refractivity contribution in [2.75, 3.05) is 0 Å². The third-order valence-electron chi connectivity index (χ3n) is 13.0. The number of hydrogen-bond donors (Lipinski definition) is 0. The van der Waals surface area contributed by atoms with Gasteiger partial charge in [0.05, 0.1) is 0 Å². The van der Waals surface area contributed by atoms with Crippen LogP contribution < -0.4 is 0 Å². The zero-order valence-electron chi connectivity index (χ0n) is 33.2. The van der Waals surface area contributed by atoms with Crippen molar-refractivity contribution < 1.29 is 0 Å². The summed E-state index contributed by atoms with van der Waals surface area (Å²) >= 11 is 1.91. The first-order valence-corrected chi connectivity index (χ1v) is 21.9. The van der Waals surface area contributed by atoms with Crippen LogP contribution in [0, 0.1) is 0 Å². The van der Waals surface area contributed by atoms with Crippen molar-refractivity contribution in [2.24, 2.45) is 0 Å². The predicted octanol–water partition coefficient (Wildman–Crippen LogP) is 17.6. The molecule has 0 aliphatic rings. The number of fused-ring (bicyclic) bond motifs is 9. The SMILES string of the molecule is c1ccc2c(-c3c4ccccc4c(-c4ccc5sc6c(-c7c8ccccc8c(-c8cccc9ccccc89)c8ccccc78)cccc6c5c4)c4ccccc34)cccc2c1. The molecule has 0 amide bonds. The van der Waals surface area contributed by atoms with E-state index in [1.165, 1.54) is 129 Å². The minimum absolute atomic E-state index is 1.24. The Hall–Kier alpha value is -7.58. The van der Waals surface area contributed by atoms with Gasteiger partial charge in [-0.1, -0.05) is 206 Å². The third-order valence-corrected chi connectivity index (χ3v) is 14.3. The van der Waals surface area contributed by atoms with E-state index in [1.54, 1.807) is 0 Å². The van der Waals surface area contributed by atoms with Crippen LogP contribution in [0.25, 0.3) is 129 Å². The van der Waals surface area contributed by atoms with Crippen LogP contribution in [-0.2, 0) is 0 Å². The van der Waals surface area contributed by atoms with Gasteiger partial charge in [0.15, 0.2) is 0 Å². The molecule has 0 radical (unpaired) electrons. The highest BCUT2D eigenvalue weighted by Crippen LogP contribution is 2.50. The molecule has 0 aliphatic carbocycles. The fourth-order valence-electron chi connectivity index (χ4n) is 10.5. The quantitative estimate of drug-likeness (QED) is 0.156. The summed E-state index contributed by atoms with van der Waals surface area (Å²) in [5.74, 6) is 0. The molecule has 0 unspecified atom stereocenters. The van der Waals surface area contributed by atoms with E-state index in [4.69, 9.17) is 0 Å². The topological polar surface area (TPSA) is 0 Å². The highest BCUT2D eigenvalue weighted by atomic mass is 32.1. The Labute approximate surface area is 357 Å². The van der Waals surface area contributed by atoms with Crippen molar-refractivity contribution in [1.29, 1.82) is 0 Å². The molecule has 13 aromatic rings. The summed E-state index contributed by atoms with van der Waals surface area (Å²) in [6, 6.07) is 81.2. The van der Waals surface area contributed by atoms with E-state index in [-0.39, 0.29) is 0 Å². The molecule has 1 heterocycles. The Morgan fingerprint density at radius 3 is 1.05 bits per heavy atom. The zero-order valence-corrected chi connectivity index (χ0v) is 34.0. The lowest BCUT2D eigenvalue weighted by Gasteiger charge is -2.19. The van der Waals surface area contributed by atoms with Crippen molar-refractivity contribution >= 4 is 96.1 Å². The highest BCUT2D eigenvalue weighted by Gasteiger charge is 2.22. The maximum atomic E-state index is 2.46. The van der Waals surface area contributed by atoms with Gasteiger partial charge >= 0.3 is 0 Å². The molecule has 0 spiro atoms. The van der Waals surface area contributed by atoms with Crippen molar-refractivity contribution in [3.05, 3.63) is 218 Å². The van der Waals surface area contributed by atoms with Crippen LogP contribution in [0.5, 0.6) is 0 Å². The van der Waals surface area contributed by atoms with E-state index < -0.39 is 0 Å². The van der Waals surface area contributed by atoms with Gasteiger partial charge in [-0.05, 0) is 116 Å². The molecule has 282 valence electrons. The molecule has 12 aromatic carbocycles. The third kappa shape index (κ3) is 5.11. The van der Waals surface area contributed by atoms with E-state index in [9.17, 15) is 0 Å². The van der Waals surface area contributed by atoms with Gasteiger partial charge in [-0.2, -0.15) is 0 Å². The molecule has 0 N–H and O–H groups in total. The summed E-state index contributed by atoms with van der Waals surface area (Å²) in [5.41, 5.74) is 10.2. The largest absolute Gasteiger partial charge is 0.135 e. The Morgan fingerprint density at radius 1 is 0.230 bits per heavy atom. The molecule has 1 aromatic heterocycles. The van der Waals surface area contributed by atoms with Crippen LogP contribution in [0.4, 0.5) is 0 Å². The van der Waals surface area contributed by atoms with Crippen LogP contribution in [0.3, 0.4) is 0 Å². The first kappa shape index (κ1) is 34.3. The zero-order chi connectivity index (χ0) is 40.0. The van der Waals surface area contributed by atoms with Crippen LogP contribution in [0.2, 0.25) is 0 Å². The van der Waals surface area contributed by atoms with Gasteiger partial charge in [-0.3, -0.25) is 0 Å². The molecule has 13 rings (SSSR count). The summed E-state index contributed by atoms with van der Waals surface area (Å²) in [6.07, 6.45) is 0. The van der Waals surface area contributed by atoms with Gasteiger partial charge in [-0.15, -0.1) is 11.3 Å². The summed E-state index contributed by atoms with van der Waals surface area (Å²) in [5, 5.41) is 17.9. The second kappa shape index (κ2) is 13.5. The van der Waals surface area contributed by atoms with Crippen molar-refractivity contribution in [3.63, 3.8) is 0 Å². The first-order valence-electron chi connectivity index (χ1n) is 21.1. The molecule has 0 aliphatic heterocycles. The van der Waals surface area contributed by atoms with E-state index in [2.05, 4.69) is 218 Å². The molecule has 1 heteroatoms. The number of hydrogen-bond acceptors (Lipinski definition) is 1. The smallest absolute Gasteiger partial charge is 0.0434 e.